The molecular weight excluding hydrogens is 402 g/mol. The van der Waals surface area contributed by atoms with Crippen molar-refractivity contribution in [2.24, 2.45) is 5.92 Å². The fraction of sp³-hybridized carbons (Fsp3) is 0.500. The largest absolute Gasteiger partial charge is 0.378 e. The van der Waals surface area contributed by atoms with Gasteiger partial charge in [-0.1, -0.05) is 13.3 Å². The van der Waals surface area contributed by atoms with Gasteiger partial charge in [-0.05, 0) is 62.3 Å². The van der Waals surface area contributed by atoms with Gasteiger partial charge in [0, 0.05) is 30.5 Å². The number of hydrogen-bond acceptors (Lipinski definition) is 7. The quantitative estimate of drug-likeness (QED) is 0.528. The summed E-state index contributed by atoms with van der Waals surface area (Å²) in [4.78, 5) is 19.4. The van der Waals surface area contributed by atoms with Gasteiger partial charge >= 0.3 is 0 Å². The zero-order valence-electron chi connectivity index (χ0n) is 18.9. The van der Waals surface area contributed by atoms with Crippen LogP contribution in [0.5, 0.6) is 0 Å². The highest BCUT2D eigenvalue weighted by Crippen LogP contribution is 2.30. The van der Waals surface area contributed by atoms with Gasteiger partial charge in [0.1, 0.15) is 5.52 Å². The average molecular weight is 435 g/mol. The van der Waals surface area contributed by atoms with Crippen molar-refractivity contribution in [3.05, 3.63) is 36.5 Å². The summed E-state index contributed by atoms with van der Waals surface area (Å²) in [5.41, 5.74) is 4.89. The molecule has 0 bridgehead atoms. The Morgan fingerprint density at radius 3 is 2.81 bits per heavy atom. The average Bonchev–Trinajstić information content (AvgIpc) is 3.30. The number of nitrogens with one attached hydrogen (secondary N) is 3. The monoisotopic (exact) mass is 434 g/mol. The van der Waals surface area contributed by atoms with Gasteiger partial charge in [0.15, 0.2) is 11.5 Å². The number of hydrogen-bond donors (Lipinski definition) is 3. The van der Waals surface area contributed by atoms with Crippen LogP contribution in [0.15, 0.2) is 24.5 Å². The van der Waals surface area contributed by atoms with E-state index in [1.165, 1.54) is 18.5 Å². The first-order chi connectivity index (χ1) is 15.7. The Balaban J connectivity index is 1.34. The van der Waals surface area contributed by atoms with Crippen LogP contribution in [0.4, 0.5) is 23.1 Å². The van der Waals surface area contributed by atoms with E-state index in [0.29, 0.717) is 12.0 Å². The van der Waals surface area contributed by atoms with Gasteiger partial charge in [-0.15, -0.1) is 0 Å². The summed E-state index contributed by atoms with van der Waals surface area (Å²) < 4.78 is 5.47. The molecular formula is C24H32N7O. The Kier molecular flexibility index (Phi) is 6.12. The molecule has 3 N–H and O–H groups in total. The van der Waals surface area contributed by atoms with Crippen LogP contribution in [0.2, 0.25) is 0 Å². The highest BCUT2D eigenvalue weighted by atomic mass is 16.5. The molecule has 8 nitrogen and oxygen atoms in total. The number of fused-ring (bicyclic) bond motifs is 1. The van der Waals surface area contributed by atoms with Crippen molar-refractivity contribution >= 4 is 34.3 Å². The Morgan fingerprint density at radius 1 is 1.19 bits per heavy atom. The molecule has 2 aliphatic rings. The van der Waals surface area contributed by atoms with Crippen LogP contribution in [0, 0.1) is 19.3 Å². The van der Waals surface area contributed by atoms with E-state index in [1.807, 2.05) is 0 Å². The van der Waals surface area contributed by atoms with Crippen molar-refractivity contribution in [1.82, 2.24) is 19.9 Å². The van der Waals surface area contributed by atoms with Crippen LogP contribution < -0.4 is 15.5 Å². The standard InChI is InChI=1S/C24H32N7O/c1-3-17-4-6-18(7-5-17)27-23-21-22(26-15-25-21)29-24(30-23)28-20-9-8-19(14-16(20)2)31-10-12-32-13-11-31/h6,8-9,14-15,17-18H,3-5,7,10-13H2,1-2H3,(H3,25,26,27,28,29,30). The predicted molar refractivity (Wildman–Crippen MR) is 129 cm³/mol. The second kappa shape index (κ2) is 9.32. The molecule has 3 heterocycles. The molecule has 1 radical (unpaired) electrons. The molecule has 8 heteroatoms. The highest BCUT2D eigenvalue weighted by Gasteiger charge is 2.22. The minimum Gasteiger partial charge on any atom is -0.378 e. The van der Waals surface area contributed by atoms with E-state index < -0.39 is 0 Å². The third kappa shape index (κ3) is 4.50. The van der Waals surface area contributed by atoms with Gasteiger partial charge < -0.3 is 25.3 Å². The van der Waals surface area contributed by atoms with Crippen molar-refractivity contribution < 1.29 is 4.74 Å². The van der Waals surface area contributed by atoms with Crippen molar-refractivity contribution in [3.8, 4) is 0 Å². The van der Waals surface area contributed by atoms with Crippen LogP contribution >= 0.6 is 0 Å². The third-order valence-corrected chi connectivity index (χ3v) is 6.65. The fourth-order valence-corrected chi connectivity index (χ4v) is 4.60. The van der Waals surface area contributed by atoms with Gasteiger partial charge in [-0.3, -0.25) is 0 Å². The lowest BCUT2D eigenvalue weighted by Crippen LogP contribution is -2.36. The topological polar surface area (TPSA) is 91.0 Å². The fourth-order valence-electron chi connectivity index (χ4n) is 4.60. The number of aromatic amines is 1. The van der Waals surface area contributed by atoms with Crippen LogP contribution in [0.3, 0.4) is 0 Å². The predicted octanol–water partition coefficient (Wildman–Crippen LogP) is 4.44. The molecule has 2 unspecified atom stereocenters. The van der Waals surface area contributed by atoms with Gasteiger partial charge in [0.2, 0.25) is 5.95 Å². The van der Waals surface area contributed by atoms with E-state index in [1.54, 1.807) is 6.33 Å². The van der Waals surface area contributed by atoms with E-state index in [2.05, 4.69) is 69.0 Å². The van der Waals surface area contributed by atoms with Crippen molar-refractivity contribution in [1.29, 1.82) is 0 Å². The molecule has 2 aromatic heterocycles. The summed E-state index contributed by atoms with van der Waals surface area (Å²) in [7, 11) is 0. The van der Waals surface area contributed by atoms with Crippen molar-refractivity contribution in [2.45, 2.75) is 45.6 Å². The molecule has 5 rings (SSSR count). The first kappa shape index (κ1) is 21.0. The molecule has 2 fully saturated rings. The number of ether oxygens (including phenoxy) is 1. The second-order valence-electron chi connectivity index (χ2n) is 8.79. The Hall–Kier alpha value is -2.87. The van der Waals surface area contributed by atoms with E-state index in [-0.39, 0.29) is 0 Å². The minimum absolute atomic E-state index is 0.315. The van der Waals surface area contributed by atoms with Crippen LogP contribution in [0.25, 0.3) is 11.2 Å². The van der Waals surface area contributed by atoms with E-state index in [0.717, 1.165) is 73.3 Å². The van der Waals surface area contributed by atoms with Crippen molar-refractivity contribution in [3.63, 3.8) is 0 Å². The number of H-pyrrole nitrogens is 1. The normalized spacial score (nSPS) is 21.6. The number of morpholine rings is 1. The summed E-state index contributed by atoms with van der Waals surface area (Å²) in [5, 5.41) is 7.01. The molecule has 32 heavy (non-hydrogen) atoms. The number of aryl methyl sites for hydroxylation is 1. The lowest BCUT2D eigenvalue weighted by molar-refractivity contribution is 0.122. The maximum atomic E-state index is 5.47. The summed E-state index contributed by atoms with van der Waals surface area (Å²) >= 11 is 0. The van der Waals surface area contributed by atoms with E-state index in [4.69, 9.17) is 9.72 Å². The molecule has 1 saturated heterocycles. The Bertz CT molecular complexity index is 1050. The zero-order valence-corrected chi connectivity index (χ0v) is 18.9. The molecule has 1 aromatic carbocycles. The Morgan fingerprint density at radius 2 is 2.06 bits per heavy atom. The SMILES string of the molecule is CCC1C[CH]C(Nc2nc(Nc3ccc(N4CCOCC4)cc3C)nc3[nH]cnc23)CC1. The number of anilines is 4. The molecule has 1 aliphatic carbocycles. The molecule has 0 amide bonds. The van der Waals surface area contributed by atoms with E-state index >= 15 is 0 Å². The number of imidazole rings is 1. The van der Waals surface area contributed by atoms with Crippen LogP contribution in [0.1, 0.15) is 38.2 Å². The number of benzene rings is 1. The summed E-state index contributed by atoms with van der Waals surface area (Å²) in [6.45, 7) is 7.81. The molecule has 1 aliphatic heterocycles. The lowest BCUT2D eigenvalue weighted by atomic mass is 9.84. The third-order valence-electron chi connectivity index (χ3n) is 6.65. The van der Waals surface area contributed by atoms with Crippen LogP contribution in [-0.4, -0.2) is 52.3 Å². The molecule has 2 atom stereocenters. The molecule has 0 spiro atoms. The first-order valence-electron chi connectivity index (χ1n) is 11.7. The lowest BCUT2D eigenvalue weighted by Gasteiger charge is -2.29. The van der Waals surface area contributed by atoms with Crippen LogP contribution in [-0.2, 0) is 4.74 Å². The summed E-state index contributed by atoms with van der Waals surface area (Å²) in [5.74, 6) is 2.15. The van der Waals surface area contributed by atoms with Gasteiger partial charge in [0.25, 0.3) is 0 Å². The summed E-state index contributed by atoms with van der Waals surface area (Å²) in [6, 6.07) is 6.78. The molecule has 169 valence electrons. The van der Waals surface area contributed by atoms with Gasteiger partial charge in [0.05, 0.1) is 19.5 Å². The smallest absolute Gasteiger partial charge is 0.231 e. The Labute approximate surface area is 189 Å². The highest BCUT2D eigenvalue weighted by molar-refractivity contribution is 5.84. The minimum atomic E-state index is 0.315. The maximum Gasteiger partial charge on any atom is 0.231 e. The van der Waals surface area contributed by atoms with Crippen molar-refractivity contribution in [2.75, 3.05) is 41.8 Å². The zero-order chi connectivity index (χ0) is 21.9. The molecule has 3 aromatic rings. The maximum absolute atomic E-state index is 5.47. The second-order valence-corrected chi connectivity index (χ2v) is 8.79. The number of nitrogens with zero attached hydrogens (tertiary/aromatic N) is 4. The first-order valence-corrected chi connectivity index (χ1v) is 11.7. The number of aromatic nitrogens is 4. The summed E-state index contributed by atoms with van der Waals surface area (Å²) in [6.07, 6.45) is 8.84. The van der Waals surface area contributed by atoms with Gasteiger partial charge in [-0.2, -0.15) is 9.97 Å². The van der Waals surface area contributed by atoms with Gasteiger partial charge in [-0.25, -0.2) is 4.98 Å². The molecule has 1 saturated carbocycles. The van der Waals surface area contributed by atoms with E-state index in [9.17, 15) is 0 Å². The number of rotatable bonds is 6.